The Balaban J connectivity index is 2.16. The predicted molar refractivity (Wildman–Crippen MR) is 53.0 cm³/mol. The van der Waals surface area contributed by atoms with Crippen molar-refractivity contribution in [1.29, 1.82) is 0 Å². The van der Waals surface area contributed by atoms with E-state index in [0.717, 1.165) is 19.3 Å². The summed E-state index contributed by atoms with van der Waals surface area (Å²) in [6.45, 7) is 2.78. The lowest BCUT2D eigenvalue weighted by Crippen LogP contribution is -2.46. The maximum Gasteiger partial charge on any atom is 0.257 e. The molecule has 0 spiro atoms. The Labute approximate surface area is 87.1 Å². The first-order valence-electron chi connectivity index (χ1n) is 4.88. The van der Waals surface area contributed by atoms with Crippen molar-refractivity contribution in [3.8, 4) is 0 Å². The lowest BCUT2D eigenvalue weighted by atomic mass is 10.2. The maximum atomic E-state index is 13.3. The third-order valence-electron chi connectivity index (χ3n) is 2.41. The fourth-order valence-corrected chi connectivity index (χ4v) is 1.59. The third-order valence-corrected chi connectivity index (χ3v) is 2.41. The molecular formula is C10H12FN3O. The summed E-state index contributed by atoms with van der Waals surface area (Å²) in [6.07, 6.45) is 2.49. The van der Waals surface area contributed by atoms with Crippen molar-refractivity contribution in [3.05, 3.63) is 29.8 Å². The summed E-state index contributed by atoms with van der Waals surface area (Å²) in [5, 5.41) is 3.14. The molecule has 0 saturated carbocycles. The van der Waals surface area contributed by atoms with Gasteiger partial charge in [-0.3, -0.25) is 9.78 Å². The van der Waals surface area contributed by atoms with Gasteiger partial charge in [-0.15, -0.1) is 0 Å². The van der Waals surface area contributed by atoms with Gasteiger partial charge in [-0.05, 0) is 6.07 Å². The molecule has 0 bridgehead atoms. The molecule has 5 heteroatoms. The highest BCUT2D eigenvalue weighted by Gasteiger charge is 2.20. The van der Waals surface area contributed by atoms with E-state index >= 15 is 0 Å². The molecule has 0 unspecified atom stereocenters. The van der Waals surface area contributed by atoms with E-state index in [9.17, 15) is 9.18 Å². The van der Waals surface area contributed by atoms with Gasteiger partial charge in [0, 0.05) is 32.4 Å². The zero-order valence-corrected chi connectivity index (χ0v) is 8.24. The van der Waals surface area contributed by atoms with Crippen LogP contribution in [0.4, 0.5) is 4.39 Å². The van der Waals surface area contributed by atoms with E-state index in [1.807, 2.05) is 0 Å². The van der Waals surface area contributed by atoms with Crippen LogP contribution in [0, 0.1) is 5.82 Å². The average molecular weight is 209 g/mol. The van der Waals surface area contributed by atoms with Crippen LogP contribution in [0.15, 0.2) is 18.5 Å². The summed E-state index contributed by atoms with van der Waals surface area (Å²) in [5.41, 5.74) is 0.104. The largest absolute Gasteiger partial charge is 0.336 e. The molecule has 2 rings (SSSR count). The fourth-order valence-electron chi connectivity index (χ4n) is 1.59. The Morgan fingerprint density at radius 3 is 2.87 bits per heavy atom. The zero-order valence-electron chi connectivity index (χ0n) is 8.24. The van der Waals surface area contributed by atoms with Crippen LogP contribution in [-0.4, -0.2) is 42.0 Å². The highest BCUT2D eigenvalue weighted by Crippen LogP contribution is 2.09. The Morgan fingerprint density at radius 1 is 1.47 bits per heavy atom. The van der Waals surface area contributed by atoms with Crippen molar-refractivity contribution in [3.63, 3.8) is 0 Å². The quantitative estimate of drug-likeness (QED) is 0.722. The van der Waals surface area contributed by atoms with E-state index in [4.69, 9.17) is 0 Å². The van der Waals surface area contributed by atoms with E-state index in [-0.39, 0.29) is 11.5 Å². The fraction of sp³-hybridized carbons (Fsp3) is 0.400. The molecule has 1 aliphatic heterocycles. The molecule has 0 radical (unpaired) electrons. The lowest BCUT2D eigenvalue weighted by molar-refractivity contribution is 0.0731. The van der Waals surface area contributed by atoms with Gasteiger partial charge in [0.2, 0.25) is 0 Å². The van der Waals surface area contributed by atoms with E-state index in [2.05, 4.69) is 10.3 Å². The SMILES string of the molecule is O=C(c1ccncc1F)N1CCNCC1. The topological polar surface area (TPSA) is 45.2 Å². The highest BCUT2D eigenvalue weighted by molar-refractivity contribution is 5.94. The lowest BCUT2D eigenvalue weighted by Gasteiger charge is -2.27. The van der Waals surface area contributed by atoms with Crippen molar-refractivity contribution >= 4 is 5.91 Å². The Morgan fingerprint density at radius 2 is 2.20 bits per heavy atom. The summed E-state index contributed by atoms with van der Waals surface area (Å²) < 4.78 is 13.3. The monoisotopic (exact) mass is 209 g/mol. The Kier molecular flexibility index (Phi) is 2.91. The molecule has 0 atom stereocenters. The van der Waals surface area contributed by atoms with Crippen LogP contribution in [0.1, 0.15) is 10.4 Å². The highest BCUT2D eigenvalue weighted by atomic mass is 19.1. The molecule has 0 aromatic carbocycles. The second-order valence-electron chi connectivity index (χ2n) is 3.40. The smallest absolute Gasteiger partial charge is 0.257 e. The molecule has 1 aliphatic rings. The minimum Gasteiger partial charge on any atom is -0.336 e. The zero-order chi connectivity index (χ0) is 10.7. The van der Waals surface area contributed by atoms with Crippen LogP contribution in [0.2, 0.25) is 0 Å². The number of carbonyl (C=O) groups is 1. The number of halogens is 1. The van der Waals surface area contributed by atoms with Gasteiger partial charge in [-0.1, -0.05) is 0 Å². The molecule has 1 N–H and O–H groups in total. The van der Waals surface area contributed by atoms with Gasteiger partial charge >= 0.3 is 0 Å². The first-order valence-corrected chi connectivity index (χ1v) is 4.88. The number of hydrogen-bond donors (Lipinski definition) is 1. The third kappa shape index (κ3) is 2.12. The predicted octanol–water partition coefficient (Wildman–Crippen LogP) is 0.266. The van der Waals surface area contributed by atoms with Crippen molar-refractivity contribution in [2.45, 2.75) is 0 Å². The average Bonchev–Trinajstić information content (AvgIpc) is 2.30. The van der Waals surface area contributed by atoms with Crippen molar-refractivity contribution in [2.75, 3.05) is 26.2 Å². The van der Waals surface area contributed by atoms with Crippen LogP contribution in [0.3, 0.4) is 0 Å². The normalized spacial score (nSPS) is 16.5. The van der Waals surface area contributed by atoms with Crippen LogP contribution < -0.4 is 5.32 Å². The summed E-state index contributed by atoms with van der Waals surface area (Å²) >= 11 is 0. The van der Waals surface area contributed by atoms with Crippen LogP contribution in [0.25, 0.3) is 0 Å². The van der Waals surface area contributed by atoms with Crippen LogP contribution in [0.5, 0.6) is 0 Å². The number of amides is 1. The van der Waals surface area contributed by atoms with E-state index in [0.29, 0.717) is 13.1 Å². The van der Waals surface area contributed by atoms with Crippen LogP contribution >= 0.6 is 0 Å². The minimum atomic E-state index is -0.555. The van der Waals surface area contributed by atoms with Gasteiger partial charge in [0.25, 0.3) is 5.91 Å². The van der Waals surface area contributed by atoms with Gasteiger partial charge in [-0.25, -0.2) is 4.39 Å². The number of hydrogen-bond acceptors (Lipinski definition) is 3. The van der Waals surface area contributed by atoms with E-state index in [1.54, 1.807) is 4.90 Å². The number of aromatic nitrogens is 1. The maximum absolute atomic E-state index is 13.3. The molecule has 4 nitrogen and oxygen atoms in total. The molecule has 80 valence electrons. The molecule has 1 saturated heterocycles. The first kappa shape index (κ1) is 10.0. The molecule has 2 heterocycles. The first-order chi connectivity index (χ1) is 7.29. The number of carbonyl (C=O) groups excluding carboxylic acids is 1. The minimum absolute atomic E-state index is 0.104. The van der Waals surface area contributed by atoms with Gasteiger partial charge in [0.05, 0.1) is 11.8 Å². The second kappa shape index (κ2) is 4.35. The van der Waals surface area contributed by atoms with E-state index < -0.39 is 5.82 Å². The van der Waals surface area contributed by atoms with Gasteiger partial charge in [0.15, 0.2) is 5.82 Å². The molecule has 1 amide bonds. The second-order valence-corrected chi connectivity index (χ2v) is 3.40. The Hall–Kier alpha value is -1.49. The van der Waals surface area contributed by atoms with Crippen molar-refractivity contribution in [1.82, 2.24) is 15.2 Å². The summed E-state index contributed by atoms with van der Waals surface area (Å²) in [6, 6.07) is 1.42. The van der Waals surface area contributed by atoms with Crippen LogP contribution in [-0.2, 0) is 0 Å². The molecule has 1 fully saturated rings. The number of rotatable bonds is 1. The van der Waals surface area contributed by atoms with Gasteiger partial charge < -0.3 is 10.2 Å². The standard InChI is InChI=1S/C10H12FN3O/c11-9-7-13-2-1-8(9)10(15)14-5-3-12-4-6-14/h1-2,7,12H,3-6H2. The van der Waals surface area contributed by atoms with Gasteiger partial charge in [-0.2, -0.15) is 0 Å². The Bertz CT molecular complexity index is 363. The number of pyridine rings is 1. The van der Waals surface area contributed by atoms with Gasteiger partial charge in [0.1, 0.15) is 0 Å². The number of nitrogens with one attached hydrogen (secondary N) is 1. The molecule has 1 aromatic rings. The number of piperazine rings is 1. The summed E-state index contributed by atoms with van der Waals surface area (Å²) in [4.78, 5) is 17.1. The van der Waals surface area contributed by atoms with Crippen molar-refractivity contribution in [2.24, 2.45) is 0 Å². The van der Waals surface area contributed by atoms with E-state index in [1.165, 1.54) is 12.3 Å². The molecule has 0 aliphatic carbocycles. The summed E-state index contributed by atoms with van der Waals surface area (Å²) in [7, 11) is 0. The molecular weight excluding hydrogens is 197 g/mol. The molecule has 1 aromatic heterocycles. The van der Waals surface area contributed by atoms with Crippen molar-refractivity contribution < 1.29 is 9.18 Å². The summed E-state index contributed by atoms with van der Waals surface area (Å²) in [5.74, 6) is -0.808. The number of nitrogens with zero attached hydrogens (tertiary/aromatic N) is 2. The molecule has 15 heavy (non-hydrogen) atoms.